The number of Topliss-reactive ketones (excluding diaryl/α,β-unsaturated/α-hetero) is 1. The van der Waals surface area contributed by atoms with Crippen LogP contribution in [0.1, 0.15) is 21.7 Å². The van der Waals surface area contributed by atoms with Gasteiger partial charge in [0, 0.05) is 10.5 Å². The number of para-hydroxylation sites is 1. The smallest absolute Gasteiger partial charge is 0.296 e. The fourth-order valence-corrected chi connectivity index (χ4v) is 3.64. The quantitative estimate of drug-likeness (QED) is 0.294. The molecule has 0 unspecified atom stereocenters. The Morgan fingerprint density at radius 3 is 2.47 bits per heavy atom. The maximum atomic E-state index is 12.9. The normalized spacial score (nSPS) is 10.6. The van der Waals surface area contributed by atoms with Crippen molar-refractivity contribution >= 4 is 33.3 Å². The highest BCUT2D eigenvalue weighted by molar-refractivity contribution is 9.10. The van der Waals surface area contributed by atoms with Crippen molar-refractivity contribution in [1.29, 1.82) is 0 Å². The number of rotatable bonds is 6. The highest BCUT2D eigenvalue weighted by Crippen LogP contribution is 2.24. The minimum Gasteiger partial charge on any atom is -0.439 e. The monoisotopic (exact) mass is 490 g/mol. The molecule has 0 aliphatic rings. The number of halogens is 1. The van der Waals surface area contributed by atoms with E-state index in [1.54, 1.807) is 36.7 Å². The molecule has 0 aliphatic heterocycles. The highest BCUT2D eigenvalue weighted by Gasteiger charge is 2.25. The number of pyridine rings is 1. The summed E-state index contributed by atoms with van der Waals surface area (Å²) in [6, 6.07) is 20.0. The predicted molar refractivity (Wildman–Crippen MR) is 124 cm³/mol. The molecule has 160 valence electrons. The highest BCUT2D eigenvalue weighted by atomic mass is 79.9. The van der Waals surface area contributed by atoms with Crippen molar-refractivity contribution < 1.29 is 14.3 Å². The standard InChI is InChI=1S/C24H19BrN4O3/c1-15-22(16(2)29(28-15)19-8-4-3-5-9-19)23(30)24(31)27-18-11-12-21(26-14-18)32-20-10-6-7-17(25)13-20/h3-14H,1-2H3,(H,27,31). The Hall–Kier alpha value is -3.78. The molecule has 4 aromatic rings. The van der Waals surface area contributed by atoms with Gasteiger partial charge in [0.1, 0.15) is 5.75 Å². The van der Waals surface area contributed by atoms with Crippen molar-refractivity contribution in [3.05, 3.63) is 94.4 Å². The molecule has 1 amide bonds. The second kappa shape index (κ2) is 9.15. The van der Waals surface area contributed by atoms with Crippen LogP contribution in [-0.4, -0.2) is 26.5 Å². The van der Waals surface area contributed by atoms with Gasteiger partial charge in [0.2, 0.25) is 5.88 Å². The molecule has 0 bridgehead atoms. The zero-order valence-corrected chi connectivity index (χ0v) is 19.0. The van der Waals surface area contributed by atoms with Gasteiger partial charge in [-0.1, -0.05) is 40.2 Å². The summed E-state index contributed by atoms with van der Waals surface area (Å²) in [5, 5.41) is 7.02. The lowest BCUT2D eigenvalue weighted by Gasteiger charge is -2.08. The van der Waals surface area contributed by atoms with Gasteiger partial charge >= 0.3 is 0 Å². The third-order valence-electron chi connectivity index (χ3n) is 4.74. The van der Waals surface area contributed by atoms with Crippen LogP contribution < -0.4 is 10.1 Å². The third-order valence-corrected chi connectivity index (χ3v) is 5.23. The van der Waals surface area contributed by atoms with Crippen molar-refractivity contribution in [2.24, 2.45) is 0 Å². The number of ketones is 1. The number of amides is 1. The first kappa shape index (κ1) is 21.5. The Labute approximate surface area is 193 Å². The van der Waals surface area contributed by atoms with E-state index < -0.39 is 11.7 Å². The topological polar surface area (TPSA) is 86.1 Å². The van der Waals surface area contributed by atoms with Crippen molar-refractivity contribution in [2.45, 2.75) is 13.8 Å². The Morgan fingerprint density at radius 1 is 1.00 bits per heavy atom. The number of anilines is 1. The van der Waals surface area contributed by atoms with Crippen LogP contribution in [0.15, 0.2) is 77.4 Å². The summed E-state index contributed by atoms with van der Waals surface area (Å²) in [6.45, 7) is 3.48. The van der Waals surface area contributed by atoms with E-state index in [2.05, 4.69) is 31.3 Å². The molecule has 0 aliphatic carbocycles. The number of carbonyl (C=O) groups excluding carboxylic acids is 2. The number of nitrogens with one attached hydrogen (secondary N) is 1. The van der Waals surface area contributed by atoms with Crippen LogP contribution in [0.3, 0.4) is 0 Å². The number of hydrogen-bond donors (Lipinski definition) is 1. The van der Waals surface area contributed by atoms with Crippen LogP contribution in [0.5, 0.6) is 11.6 Å². The first-order valence-electron chi connectivity index (χ1n) is 9.79. The van der Waals surface area contributed by atoms with Gasteiger partial charge in [0.25, 0.3) is 11.7 Å². The molecule has 8 heteroatoms. The maximum Gasteiger partial charge on any atom is 0.296 e. The average Bonchev–Trinajstić information content (AvgIpc) is 3.09. The minimum absolute atomic E-state index is 0.286. The average molecular weight is 491 g/mol. The number of aromatic nitrogens is 3. The second-order valence-electron chi connectivity index (χ2n) is 7.02. The molecule has 2 aromatic heterocycles. The molecule has 0 saturated carbocycles. The number of nitrogens with zero attached hydrogens (tertiary/aromatic N) is 3. The fraction of sp³-hybridized carbons (Fsp3) is 0.0833. The molecule has 0 atom stereocenters. The lowest BCUT2D eigenvalue weighted by molar-refractivity contribution is -0.112. The van der Waals surface area contributed by atoms with Crippen LogP contribution >= 0.6 is 15.9 Å². The fourth-order valence-electron chi connectivity index (χ4n) is 3.26. The van der Waals surface area contributed by atoms with Gasteiger partial charge in [-0.15, -0.1) is 0 Å². The number of benzene rings is 2. The molecule has 1 N–H and O–H groups in total. The zero-order valence-electron chi connectivity index (χ0n) is 17.4. The molecular weight excluding hydrogens is 472 g/mol. The molecule has 0 spiro atoms. The molecule has 2 aromatic carbocycles. The zero-order chi connectivity index (χ0) is 22.7. The Bertz CT molecular complexity index is 1280. The van der Waals surface area contributed by atoms with Gasteiger partial charge < -0.3 is 10.1 Å². The molecular formula is C24H19BrN4O3. The van der Waals surface area contributed by atoms with Crippen molar-refractivity contribution in [2.75, 3.05) is 5.32 Å². The minimum atomic E-state index is -0.758. The summed E-state index contributed by atoms with van der Waals surface area (Å²) in [6.07, 6.45) is 1.44. The summed E-state index contributed by atoms with van der Waals surface area (Å²) in [5.74, 6) is -0.425. The van der Waals surface area contributed by atoms with E-state index in [0.29, 0.717) is 28.7 Å². The Morgan fingerprint density at radius 2 is 1.78 bits per heavy atom. The largest absolute Gasteiger partial charge is 0.439 e. The number of hydrogen-bond acceptors (Lipinski definition) is 5. The number of aryl methyl sites for hydroxylation is 1. The number of carbonyl (C=O) groups is 2. The SMILES string of the molecule is Cc1nn(-c2ccccc2)c(C)c1C(=O)C(=O)Nc1ccc(Oc2cccc(Br)c2)nc1. The van der Waals surface area contributed by atoms with Crippen molar-refractivity contribution in [1.82, 2.24) is 14.8 Å². The van der Waals surface area contributed by atoms with Gasteiger partial charge in [-0.3, -0.25) is 9.59 Å². The van der Waals surface area contributed by atoms with Crippen molar-refractivity contribution in [3.8, 4) is 17.3 Å². The van der Waals surface area contributed by atoms with Crippen LogP contribution in [0, 0.1) is 13.8 Å². The number of ether oxygens (including phenoxy) is 1. The predicted octanol–water partition coefficient (Wildman–Crippen LogP) is 5.26. The van der Waals surface area contributed by atoms with Crippen LogP contribution in [0.25, 0.3) is 5.69 Å². The summed E-state index contributed by atoms with van der Waals surface area (Å²) < 4.78 is 8.23. The van der Waals surface area contributed by atoms with E-state index in [1.807, 2.05) is 48.5 Å². The van der Waals surface area contributed by atoms with Crippen LogP contribution in [0.4, 0.5) is 5.69 Å². The van der Waals surface area contributed by atoms with E-state index >= 15 is 0 Å². The van der Waals surface area contributed by atoms with E-state index in [1.165, 1.54) is 6.20 Å². The Kier molecular flexibility index (Phi) is 6.13. The van der Waals surface area contributed by atoms with Crippen LogP contribution in [0.2, 0.25) is 0 Å². The van der Waals surface area contributed by atoms with Crippen LogP contribution in [-0.2, 0) is 4.79 Å². The Balaban J connectivity index is 1.47. The lowest BCUT2D eigenvalue weighted by atomic mass is 10.1. The lowest BCUT2D eigenvalue weighted by Crippen LogP contribution is -2.24. The van der Waals surface area contributed by atoms with Gasteiger partial charge in [0.05, 0.1) is 34.5 Å². The molecule has 0 radical (unpaired) electrons. The maximum absolute atomic E-state index is 12.9. The molecule has 2 heterocycles. The summed E-state index contributed by atoms with van der Waals surface area (Å²) in [4.78, 5) is 29.7. The van der Waals surface area contributed by atoms with Gasteiger partial charge in [-0.2, -0.15) is 5.10 Å². The second-order valence-corrected chi connectivity index (χ2v) is 7.94. The van der Waals surface area contributed by atoms with Gasteiger partial charge in [-0.05, 0) is 50.2 Å². The third kappa shape index (κ3) is 4.60. The first-order chi connectivity index (χ1) is 15.4. The molecule has 7 nitrogen and oxygen atoms in total. The molecule has 4 rings (SSSR count). The molecule has 0 saturated heterocycles. The molecule has 0 fully saturated rings. The van der Waals surface area contributed by atoms with E-state index in [4.69, 9.17) is 4.74 Å². The van der Waals surface area contributed by atoms with E-state index in [-0.39, 0.29) is 5.56 Å². The van der Waals surface area contributed by atoms with Gasteiger partial charge in [-0.25, -0.2) is 9.67 Å². The summed E-state index contributed by atoms with van der Waals surface area (Å²) >= 11 is 3.39. The van der Waals surface area contributed by atoms with E-state index in [0.717, 1.165) is 10.2 Å². The molecule has 32 heavy (non-hydrogen) atoms. The van der Waals surface area contributed by atoms with Gasteiger partial charge in [0.15, 0.2) is 0 Å². The first-order valence-corrected chi connectivity index (χ1v) is 10.6. The van der Waals surface area contributed by atoms with Crippen molar-refractivity contribution in [3.63, 3.8) is 0 Å². The summed E-state index contributed by atoms with van der Waals surface area (Å²) in [5.41, 5.74) is 2.58. The van der Waals surface area contributed by atoms with E-state index in [9.17, 15) is 9.59 Å². The summed E-state index contributed by atoms with van der Waals surface area (Å²) in [7, 11) is 0.